The molecule has 2 rings (SSSR count). The zero-order valence-corrected chi connectivity index (χ0v) is 17.7. The molecule has 0 spiro atoms. The molecule has 0 heterocycles. The average Bonchev–Trinajstić information content (AvgIpc) is 2.74. The molecule has 10 nitrogen and oxygen atoms in total. The summed E-state index contributed by atoms with van der Waals surface area (Å²) in [6.45, 7) is 7.21. The van der Waals surface area contributed by atoms with Crippen molar-refractivity contribution in [1.29, 1.82) is 0 Å². The second-order valence-electron chi connectivity index (χ2n) is 8.70. The first-order valence-corrected chi connectivity index (χ1v) is 10.0. The highest BCUT2D eigenvalue weighted by atomic mass is 16.5. The molecule has 0 bridgehead atoms. The van der Waals surface area contributed by atoms with E-state index in [0.29, 0.717) is 0 Å². The number of esters is 2. The summed E-state index contributed by atoms with van der Waals surface area (Å²) in [7, 11) is 1.11. The molecule has 2 aliphatic rings. The molecule has 0 aromatic heterocycles. The summed E-state index contributed by atoms with van der Waals surface area (Å²) in [5, 5.41) is 61.6. The quantitative estimate of drug-likeness (QED) is 0.199. The Morgan fingerprint density at radius 1 is 1.19 bits per heavy atom. The largest absolute Gasteiger partial charge is 0.466 e. The Balaban J connectivity index is 2.50. The number of fused-ring (bicyclic) bond motifs is 1. The summed E-state index contributed by atoms with van der Waals surface area (Å²) in [5.41, 5.74) is -3.58. The van der Waals surface area contributed by atoms with E-state index in [4.69, 9.17) is 9.84 Å². The van der Waals surface area contributed by atoms with Crippen molar-refractivity contribution in [3.05, 3.63) is 24.3 Å². The van der Waals surface area contributed by atoms with E-state index in [1.165, 1.54) is 0 Å². The highest BCUT2D eigenvalue weighted by Crippen LogP contribution is 2.57. The number of aliphatic hydroxyl groups excluding tert-OH is 5. The van der Waals surface area contributed by atoms with Crippen molar-refractivity contribution in [3.63, 3.8) is 0 Å². The highest BCUT2D eigenvalue weighted by Gasteiger charge is 2.64. The summed E-state index contributed by atoms with van der Waals surface area (Å²) in [6, 6.07) is 0. The molecular weight excluding hydrogens is 412 g/mol. The highest BCUT2D eigenvalue weighted by molar-refractivity contribution is 5.90. The zero-order valence-electron chi connectivity index (χ0n) is 17.7. The number of carbonyl (C=O) groups is 2. The number of rotatable bonds is 7. The molecule has 0 aromatic carbocycles. The Hall–Kier alpha value is -1.82. The van der Waals surface area contributed by atoms with Crippen LogP contribution in [-0.4, -0.2) is 92.9 Å². The smallest absolute Gasteiger partial charge is 0.336 e. The summed E-state index contributed by atoms with van der Waals surface area (Å²) < 4.78 is 10.1. The molecule has 0 unspecified atom stereocenters. The Bertz CT molecular complexity index is 736. The molecule has 0 aliphatic heterocycles. The standard InChI is InChI=1S/C21H32O10/c1-10(12(24)8-22)19(28)31-13-7-20(3)14(25)5-6-21(29,9-23)17(20)16(26)15(13)11(2)18(27)30-4/h12-17,22-26,29H,1-2,5-9H2,3-4H3/t12-,13+,14+,15+,16+,17+,20+,21-/m0/s1. The molecular formula is C21H32O10. The molecule has 10 heteroatoms. The fourth-order valence-corrected chi connectivity index (χ4v) is 5.10. The SMILES string of the molecule is C=C(C(=O)OC)[C@H]1[C@@H](O)[C@H]2[C@@](O)(CO)CC[C@@H](O)[C@@]2(C)C[C@H]1OC(=O)C(=C)[C@@H](O)CO. The van der Waals surface area contributed by atoms with Crippen molar-refractivity contribution in [2.24, 2.45) is 17.3 Å². The number of carbonyl (C=O) groups excluding carboxylic acids is 2. The lowest BCUT2D eigenvalue weighted by Crippen LogP contribution is -2.68. The number of ether oxygens (including phenoxy) is 2. The van der Waals surface area contributed by atoms with E-state index in [-0.39, 0.29) is 24.8 Å². The minimum Gasteiger partial charge on any atom is -0.466 e. The van der Waals surface area contributed by atoms with Crippen LogP contribution in [0.5, 0.6) is 0 Å². The third-order valence-electron chi connectivity index (χ3n) is 6.87. The molecule has 0 radical (unpaired) electrons. The molecule has 176 valence electrons. The predicted octanol–water partition coefficient (Wildman–Crippen LogP) is -1.58. The van der Waals surface area contributed by atoms with E-state index in [1.807, 2.05) is 0 Å². The van der Waals surface area contributed by atoms with Crippen LogP contribution in [-0.2, 0) is 19.1 Å². The van der Waals surface area contributed by atoms with Crippen molar-refractivity contribution in [1.82, 2.24) is 0 Å². The van der Waals surface area contributed by atoms with Gasteiger partial charge in [0.25, 0.3) is 0 Å². The Labute approximate surface area is 180 Å². The van der Waals surface area contributed by atoms with Crippen LogP contribution in [0.15, 0.2) is 24.3 Å². The van der Waals surface area contributed by atoms with Gasteiger partial charge in [-0.25, -0.2) is 9.59 Å². The van der Waals surface area contributed by atoms with Gasteiger partial charge in [-0.15, -0.1) is 0 Å². The van der Waals surface area contributed by atoms with Gasteiger partial charge in [0.15, 0.2) is 0 Å². The lowest BCUT2D eigenvalue weighted by Gasteiger charge is -2.60. The Morgan fingerprint density at radius 2 is 1.81 bits per heavy atom. The van der Waals surface area contributed by atoms with Gasteiger partial charge in [-0.05, 0) is 19.3 Å². The van der Waals surface area contributed by atoms with E-state index in [0.717, 1.165) is 7.11 Å². The monoisotopic (exact) mass is 444 g/mol. The minimum atomic E-state index is -1.74. The summed E-state index contributed by atoms with van der Waals surface area (Å²) in [5.74, 6) is -4.23. The number of aliphatic hydroxyl groups is 6. The fourth-order valence-electron chi connectivity index (χ4n) is 5.10. The maximum absolute atomic E-state index is 12.5. The van der Waals surface area contributed by atoms with Crippen LogP contribution in [0.1, 0.15) is 26.2 Å². The van der Waals surface area contributed by atoms with Gasteiger partial charge in [0.1, 0.15) is 12.2 Å². The van der Waals surface area contributed by atoms with Gasteiger partial charge in [0, 0.05) is 16.9 Å². The van der Waals surface area contributed by atoms with Gasteiger partial charge in [0.2, 0.25) is 0 Å². The maximum Gasteiger partial charge on any atom is 0.336 e. The van der Waals surface area contributed by atoms with Crippen molar-refractivity contribution in [2.45, 2.75) is 56.2 Å². The van der Waals surface area contributed by atoms with Gasteiger partial charge in [-0.2, -0.15) is 0 Å². The van der Waals surface area contributed by atoms with Crippen molar-refractivity contribution in [3.8, 4) is 0 Å². The lowest BCUT2D eigenvalue weighted by molar-refractivity contribution is -0.249. The third kappa shape index (κ3) is 4.41. The molecule has 2 fully saturated rings. The number of hydrogen-bond acceptors (Lipinski definition) is 10. The number of methoxy groups -OCH3 is 1. The molecule has 2 saturated carbocycles. The normalized spacial score (nSPS) is 38.5. The molecule has 31 heavy (non-hydrogen) atoms. The Kier molecular flexibility index (Phi) is 7.68. The van der Waals surface area contributed by atoms with Crippen LogP contribution < -0.4 is 0 Å². The minimum absolute atomic E-state index is 0.0172. The fraction of sp³-hybridized carbons (Fsp3) is 0.714. The summed E-state index contributed by atoms with van der Waals surface area (Å²) >= 11 is 0. The van der Waals surface area contributed by atoms with Crippen LogP contribution in [0, 0.1) is 17.3 Å². The van der Waals surface area contributed by atoms with E-state index in [9.17, 15) is 35.1 Å². The van der Waals surface area contributed by atoms with Crippen molar-refractivity contribution < 1.29 is 49.7 Å². The first-order valence-electron chi connectivity index (χ1n) is 10.0. The molecule has 6 N–H and O–H groups in total. The van der Waals surface area contributed by atoms with Crippen LogP contribution in [0.3, 0.4) is 0 Å². The van der Waals surface area contributed by atoms with Gasteiger partial charge >= 0.3 is 11.9 Å². The molecule has 0 aromatic rings. The summed E-state index contributed by atoms with van der Waals surface area (Å²) in [6.07, 6.45) is -5.24. The van der Waals surface area contributed by atoms with Crippen LogP contribution in [0.25, 0.3) is 0 Å². The molecule has 8 atom stereocenters. The van der Waals surface area contributed by atoms with Crippen LogP contribution in [0.2, 0.25) is 0 Å². The van der Waals surface area contributed by atoms with Gasteiger partial charge in [0.05, 0.1) is 49.6 Å². The third-order valence-corrected chi connectivity index (χ3v) is 6.87. The van der Waals surface area contributed by atoms with E-state index < -0.39 is 78.0 Å². The second-order valence-corrected chi connectivity index (χ2v) is 8.70. The van der Waals surface area contributed by atoms with Gasteiger partial charge in [-0.3, -0.25) is 0 Å². The topological polar surface area (TPSA) is 174 Å². The first kappa shape index (κ1) is 25.4. The van der Waals surface area contributed by atoms with Crippen LogP contribution in [0.4, 0.5) is 0 Å². The average molecular weight is 444 g/mol. The number of hydrogen-bond donors (Lipinski definition) is 6. The van der Waals surface area contributed by atoms with Gasteiger partial charge < -0.3 is 40.1 Å². The van der Waals surface area contributed by atoms with E-state index in [1.54, 1.807) is 6.92 Å². The lowest BCUT2D eigenvalue weighted by atomic mass is 9.49. The molecule has 2 aliphatic carbocycles. The maximum atomic E-state index is 12.5. The molecule has 0 saturated heterocycles. The van der Waals surface area contributed by atoms with Crippen molar-refractivity contribution >= 4 is 11.9 Å². The van der Waals surface area contributed by atoms with E-state index in [2.05, 4.69) is 17.9 Å². The van der Waals surface area contributed by atoms with Crippen molar-refractivity contribution in [2.75, 3.05) is 20.3 Å². The Morgan fingerprint density at radius 3 is 2.32 bits per heavy atom. The van der Waals surface area contributed by atoms with Gasteiger partial charge in [-0.1, -0.05) is 20.1 Å². The van der Waals surface area contributed by atoms with E-state index >= 15 is 0 Å². The second kappa shape index (κ2) is 9.35. The summed E-state index contributed by atoms with van der Waals surface area (Å²) in [4.78, 5) is 24.7. The van der Waals surface area contributed by atoms with Crippen LogP contribution >= 0.6 is 0 Å². The zero-order chi connectivity index (χ0) is 23.7. The molecule has 0 amide bonds. The predicted molar refractivity (Wildman–Crippen MR) is 106 cm³/mol. The first-order chi connectivity index (χ1) is 14.4.